The Morgan fingerprint density at radius 2 is 2.21 bits per heavy atom. The monoisotopic (exact) mass is 193 g/mol. The number of amides is 1. The van der Waals surface area contributed by atoms with Crippen LogP contribution in [0, 0.1) is 0 Å². The number of rotatable bonds is 4. The van der Waals surface area contributed by atoms with Crippen molar-refractivity contribution < 1.29 is 4.79 Å². The molecule has 14 heavy (non-hydrogen) atoms. The standard InChI is InChI=1S/C10H15N3O/c1-13(7-10(12)14)6-8-3-2-4-9(11)5-8/h2-5H,6-7,11H2,1H3,(H2,12,14). The number of nitrogens with two attached hydrogens (primary N) is 2. The minimum atomic E-state index is -0.323. The number of nitrogen functional groups attached to an aromatic ring is 1. The average molecular weight is 193 g/mol. The smallest absolute Gasteiger partial charge is 0.231 e. The number of carbonyl (C=O) groups is 1. The van der Waals surface area contributed by atoms with Crippen LogP contribution in [0.3, 0.4) is 0 Å². The van der Waals surface area contributed by atoms with Crippen LogP contribution in [0.25, 0.3) is 0 Å². The Balaban J connectivity index is 2.55. The molecule has 0 bridgehead atoms. The fourth-order valence-electron chi connectivity index (χ4n) is 1.33. The average Bonchev–Trinajstić information content (AvgIpc) is 2.01. The van der Waals surface area contributed by atoms with E-state index in [1.165, 1.54) is 0 Å². The lowest BCUT2D eigenvalue weighted by atomic mass is 10.2. The molecular formula is C10H15N3O. The highest BCUT2D eigenvalue weighted by Gasteiger charge is 2.03. The molecule has 4 nitrogen and oxygen atoms in total. The second-order valence-electron chi connectivity index (χ2n) is 3.38. The summed E-state index contributed by atoms with van der Waals surface area (Å²) in [5.41, 5.74) is 12.5. The minimum absolute atomic E-state index is 0.259. The van der Waals surface area contributed by atoms with Gasteiger partial charge in [0.25, 0.3) is 0 Å². The number of carbonyl (C=O) groups excluding carboxylic acids is 1. The summed E-state index contributed by atoms with van der Waals surface area (Å²) in [4.78, 5) is 12.5. The van der Waals surface area contributed by atoms with Gasteiger partial charge in [-0.2, -0.15) is 0 Å². The van der Waals surface area contributed by atoms with Crippen molar-refractivity contribution in [3.63, 3.8) is 0 Å². The highest BCUT2D eigenvalue weighted by Crippen LogP contribution is 2.08. The largest absolute Gasteiger partial charge is 0.399 e. The third kappa shape index (κ3) is 3.45. The van der Waals surface area contributed by atoms with Crippen molar-refractivity contribution in [2.45, 2.75) is 6.54 Å². The summed E-state index contributed by atoms with van der Waals surface area (Å²) in [5, 5.41) is 0. The number of anilines is 1. The summed E-state index contributed by atoms with van der Waals surface area (Å²) in [7, 11) is 1.84. The Kier molecular flexibility index (Phi) is 3.48. The first-order valence-electron chi connectivity index (χ1n) is 4.39. The number of likely N-dealkylation sites (N-methyl/N-ethyl adjacent to an activating group) is 1. The predicted molar refractivity (Wildman–Crippen MR) is 56.4 cm³/mol. The van der Waals surface area contributed by atoms with E-state index in [0.29, 0.717) is 6.54 Å². The van der Waals surface area contributed by atoms with Crippen molar-refractivity contribution in [1.29, 1.82) is 0 Å². The Labute approximate surface area is 83.5 Å². The van der Waals surface area contributed by atoms with Crippen LogP contribution < -0.4 is 11.5 Å². The van der Waals surface area contributed by atoms with Crippen LogP contribution >= 0.6 is 0 Å². The maximum absolute atomic E-state index is 10.6. The van der Waals surface area contributed by atoms with Gasteiger partial charge in [-0.1, -0.05) is 12.1 Å². The SMILES string of the molecule is CN(CC(N)=O)Cc1cccc(N)c1. The lowest BCUT2D eigenvalue weighted by Gasteiger charge is -2.14. The van der Waals surface area contributed by atoms with Gasteiger partial charge in [0.1, 0.15) is 0 Å². The molecule has 0 atom stereocenters. The van der Waals surface area contributed by atoms with Crippen molar-refractivity contribution in [2.75, 3.05) is 19.3 Å². The maximum Gasteiger partial charge on any atom is 0.231 e. The van der Waals surface area contributed by atoms with Crippen LogP contribution in [0.15, 0.2) is 24.3 Å². The normalized spacial score (nSPS) is 10.4. The Morgan fingerprint density at radius 1 is 1.50 bits per heavy atom. The van der Waals surface area contributed by atoms with Crippen LogP contribution in [-0.4, -0.2) is 24.4 Å². The molecule has 0 saturated carbocycles. The lowest BCUT2D eigenvalue weighted by molar-refractivity contribution is -0.118. The first kappa shape index (κ1) is 10.5. The number of hydrogen-bond acceptors (Lipinski definition) is 3. The van der Waals surface area contributed by atoms with Gasteiger partial charge in [0.15, 0.2) is 0 Å². The molecule has 1 rings (SSSR count). The van der Waals surface area contributed by atoms with Gasteiger partial charge >= 0.3 is 0 Å². The Morgan fingerprint density at radius 3 is 2.79 bits per heavy atom. The van der Waals surface area contributed by atoms with Gasteiger partial charge in [0, 0.05) is 12.2 Å². The Bertz CT molecular complexity index is 325. The molecule has 0 aliphatic rings. The van der Waals surface area contributed by atoms with Gasteiger partial charge < -0.3 is 11.5 Å². The summed E-state index contributed by atoms with van der Waals surface area (Å²) < 4.78 is 0. The zero-order chi connectivity index (χ0) is 10.6. The zero-order valence-electron chi connectivity index (χ0n) is 8.23. The van der Waals surface area contributed by atoms with Gasteiger partial charge in [-0.25, -0.2) is 0 Å². The van der Waals surface area contributed by atoms with Crippen LogP contribution in [0.1, 0.15) is 5.56 Å². The Hall–Kier alpha value is -1.55. The summed E-state index contributed by atoms with van der Waals surface area (Å²) in [6.45, 7) is 0.933. The van der Waals surface area contributed by atoms with E-state index in [-0.39, 0.29) is 12.5 Å². The summed E-state index contributed by atoms with van der Waals surface area (Å²) >= 11 is 0. The predicted octanol–water partition coefficient (Wildman–Crippen LogP) is 0.186. The fourth-order valence-corrected chi connectivity index (χ4v) is 1.33. The molecule has 0 saturated heterocycles. The number of hydrogen-bond donors (Lipinski definition) is 2. The fraction of sp³-hybridized carbons (Fsp3) is 0.300. The summed E-state index contributed by atoms with van der Waals surface area (Å²) in [6.07, 6.45) is 0. The molecule has 0 aliphatic heterocycles. The van der Waals surface area contributed by atoms with Crippen LogP contribution in [0.4, 0.5) is 5.69 Å². The molecule has 0 fully saturated rings. The molecule has 0 unspecified atom stereocenters. The van der Waals surface area contributed by atoms with Crippen molar-refractivity contribution in [2.24, 2.45) is 5.73 Å². The number of nitrogens with zero attached hydrogens (tertiary/aromatic N) is 1. The van der Waals surface area contributed by atoms with Crippen molar-refractivity contribution in [3.8, 4) is 0 Å². The number of primary amides is 1. The molecule has 0 heterocycles. The molecule has 0 aromatic heterocycles. The van der Waals surface area contributed by atoms with Crippen LogP contribution in [0.2, 0.25) is 0 Å². The van der Waals surface area contributed by atoms with E-state index >= 15 is 0 Å². The third-order valence-electron chi connectivity index (χ3n) is 1.83. The highest BCUT2D eigenvalue weighted by molar-refractivity contribution is 5.75. The summed E-state index contributed by atoms with van der Waals surface area (Å²) in [5.74, 6) is -0.323. The topological polar surface area (TPSA) is 72.3 Å². The van der Waals surface area contributed by atoms with E-state index in [2.05, 4.69) is 0 Å². The van der Waals surface area contributed by atoms with Crippen LogP contribution in [0.5, 0.6) is 0 Å². The summed E-state index contributed by atoms with van der Waals surface area (Å²) in [6, 6.07) is 7.58. The molecular weight excluding hydrogens is 178 g/mol. The van der Waals surface area contributed by atoms with Gasteiger partial charge in [-0.15, -0.1) is 0 Å². The van der Waals surface area contributed by atoms with Crippen molar-refractivity contribution in [1.82, 2.24) is 4.90 Å². The molecule has 0 radical (unpaired) electrons. The first-order valence-corrected chi connectivity index (χ1v) is 4.39. The quantitative estimate of drug-likeness (QED) is 0.670. The van der Waals surface area contributed by atoms with E-state index in [0.717, 1.165) is 11.3 Å². The molecule has 1 aromatic carbocycles. The zero-order valence-corrected chi connectivity index (χ0v) is 8.23. The van der Waals surface area contributed by atoms with E-state index in [4.69, 9.17) is 11.5 Å². The number of benzene rings is 1. The second-order valence-corrected chi connectivity index (χ2v) is 3.38. The van der Waals surface area contributed by atoms with E-state index in [1.54, 1.807) is 0 Å². The molecule has 1 aromatic rings. The van der Waals surface area contributed by atoms with E-state index in [9.17, 15) is 4.79 Å². The van der Waals surface area contributed by atoms with E-state index in [1.807, 2.05) is 36.2 Å². The molecule has 0 aliphatic carbocycles. The molecule has 76 valence electrons. The van der Waals surface area contributed by atoms with Gasteiger partial charge in [0.05, 0.1) is 6.54 Å². The van der Waals surface area contributed by atoms with Gasteiger partial charge in [-0.3, -0.25) is 9.69 Å². The van der Waals surface area contributed by atoms with Crippen molar-refractivity contribution >= 4 is 11.6 Å². The molecule has 4 heteroatoms. The molecule has 0 spiro atoms. The maximum atomic E-state index is 10.6. The second kappa shape index (κ2) is 4.62. The van der Waals surface area contributed by atoms with Crippen LogP contribution in [-0.2, 0) is 11.3 Å². The van der Waals surface area contributed by atoms with E-state index < -0.39 is 0 Å². The van der Waals surface area contributed by atoms with Crippen molar-refractivity contribution in [3.05, 3.63) is 29.8 Å². The molecule has 1 amide bonds. The third-order valence-corrected chi connectivity index (χ3v) is 1.83. The minimum Gasteiger partial charge on any atom is -0.399 e. The molecule has 4 N–H and O–H groups in total. The lowest BCUT2D eigenvalue weighted by Crippen LogP contribution is -2.30. The first-order chi connectivity index (χ1) is 6.58. The highest BCUT2D eigenvalue weighted by atomic mass is 16.1. The van der Waals surface area contributed by atoms with Gasteiger partial charge in [-0.05, 0) is 24.7 Å². The van der Waals surface area contributed by atoms with Gasteiger partial charge in [0.2, 0.25) is 5.91 Å².